The van der Waals surface area contributed by atoms with Crippen molar-refractivity contribution in [3.63, 3.8) is 0 Å². The number of carbonyl (C=O) groups is 1. The SMILES string of the molecule is C=CC(=O)OCCOc1ccc(Nc2nc(Nc3ccccc3)nc(Nc3ccc(OCCO)cc3)n2)cc1. The topological polar surface area (TPSA) is 140 Å². The number of aliphatic hydroxyl groups is 1. The predicted molar refractivity (Wildman–Crippen MR) is 148 cm³/mol. The molecule has 4 aromatic rings. The van der Waals surface area contributed by atoms with Crippen LogP contribution < -0.4 is 25.4 Å². The summed E-state index contributed by atoms with van der Waals surface area (Å²) in [5.74, 6) is 1.76. The molecular weight excluding hydrogens is 500 g/mol. The van der Waals surface area contributed by atoms with Crippen LogP contribution in [0.15, 0.2) is 91.5 Å². The van der Waals surface area contributed by atoms with Gasteiger partial charge in [0, 0.05) is 23.1 Å². The first-order valence-electron chi connectivity index (χ1n) is 12.1. The lowest BCUT2D eigenvalue weighted by atomic mass is 10.3. The maximum absolute atomic E-state index is 11.1. The molecule has 0 fully saturated rings. The van der Waals surface area contributed by atoms with Crippen LogP contribution in [0, 0.1) is 0 Å². The van der Waals surface area contributed by atoms with E-state index in [2.05, 4.69) is 37.5 Å². The molecule has 1 heterocycles. The number of aliphatic hydroxyl groups excluding tert-OH is 1. The van der Waals surface area contributed by atoms with E-state index < -0.39 is 5.97 Å². The number of rotatable bonds is 14. The second-order valence-corrected chi connectivity index (χ2v) is 7.89. The van der Waals surface area contributed by atoms with Crippen molar-refractivity contribution < 1.29 is 24.1 Å². The molecule has 0 saturated carbocycles. The summed E-state index contributed by atoms with van der Waals surface area (Å²) in [7, 11) is 0. The second kappa shape index (κ2) is 14.0. The van der Waals surface area contributed by atoms with Crippen molar-refractivity contribution >= 4 is 40.9 Å². The highest BCUT2D eigenvalue weighted by Crippen LogP contribution is 2.23. The van der Waals surface area contributed by atoms with E-state index in [9.17, 15) is 4.79 Å². The van der Waals surface area contributed by atoms with Crippen LogP contribution in [0.25, 0.3) is 0 Å². The molecule has 0 saturated heterocycles. The Labute approximate surface area is 225 Å². The fourth-order valence-electron chi connectivity index (χ4n) is 3.25. The Balaban J connectivity index is 1.46. The minimum absolute atomic E-state index is 0.0548. The average Bonchev–Trinajstić information content (AvgIpc) is 2.96. The third-order valence-electron chi connectivity index (χ3n) is 5.01. The second-order valence-electron chi connectivity index (χ2n) is 7.89. The maximum atomic E-state index is 11.1. The lowest BCUT2D eigenvalue weighted by Gasteiger charge is -2.12. The Morgan fingerprint density at radius 2 is 1.15 bits per heavy atom. The first-order valence-corrected chi connectivity index (χ1v) is 12.1. The van der Waals surface area contributed by atoms with Crippen molar-refractivity contribution in [2.24, 2.45) is 0 Å². The quantitative estimate of drug-likeness (QED) is 0.104. The average molecular weight is 529 g/mol. The number of hydrogen-bond acceptors (Lipinski definition) is 11. The van der Waals surface area contributed by atoms with E-state index in [0.29, 0.717) is 29.3 Å². The van der Waals surface area contributed by atoms with Crippen LogP contribution in [0.3, 0.4) is 0 Å². The van der Waals surface area contributed by atoms with Gasteiger partial charge in [0.25, 0.3) is 0 Å². The summed E-state index contributed by atoms with van der Waals surface area (Å²) < 4.78 is 15.9. The number of aromatic nitrogens is 3. The Bertz CT molecular complexity index is 1350. The van der Waals surface area contributed by atoms with Gasteiger partial charge in [-0.05, 0) is 60.7 Å². The number of para-hydroxylation sites is 1. The zero-order chi connectivity index (χ0) is 27.3. The molecule has 11 heteroatoms. The normalized spacial score (nSPS) is 10.3. The molecule has 1 aromatic heterocycles. The van der Waals surface area contributed by atoms with Gasteiger partial charge in [0.2, 0.25) is 17.8 Å². The van der Waals surface area contributed by atoms with E-state index in [1.165, 1.54) is 0 Å². The van der Waals surface area contributed by atoms with E-state index in [0.717, 1.165) is 23.1 Å². The van der Waals surface area contributed by atoms with Crippen molar-refractivity contribution in [1.29, 1.82) is 0 Å². The minimum atomic E-state index is -0.491. The van der Waals surface area contributed by atoms with E-state index in [1.807, 2.05) is 54.6 Å². The third kappa shape index (κ3) is 8.72. The fraction of sp³-hybridized carbons (Fsp3) is 0.143. The molecule has 11 nitrogen and oxygen atoms in total. The summed E-state index contributed by atoms with van der Waals surface area (Å²) in [5, 5.41) is 18.5. The van der Waals surface area contributed by atoms with Gasteiger partial charge in [0.15, 0.2) is 0 Å². The molecule has 4 N–H and O–H groups in total. The minimum Gasteiger partial charge on any atom is -0.491 e. The molecule has 0 aliphatic carbocycles. The molecule has 0 unspecified atom stereocenters. The largest absolute Gasteiger partial charge is 0.491 e. The summed E-state index contributed by atoms with van der Waals surface area (Å²) >= 11 is 0. The van der Waals surface area contributed by atoms with Crippen molar-refractivity contribution in [2.75, 3.05) is 42.4 Å². The lowest BCUT2D eigenvalue weighted by Crippen LogP contribution is -2.10. The van der Waals surface area contributed by atoms with Crippen LogP contribution in [0.4, 0.5) is 34.9 Å². The molecule has 200 valence electrons. The van der Waals surface area contributed by atoms with Gasteiger partial charge in [0.1, 0.15) is 31.3 Å². The number of hydrogen-bond donors (Lipinski definition) is 4. The van der Waals surface area contributed by atoms with Crippen molar-refractivity contribution in [3.8, 4) is 11.5 Å². The summed E-state index contributed by atoms with van der Waals surface area (Å²) in [5.41, 5.74) is 2.30. The number of anilines is 6. The molecule has 3 aromatic carbocycles. The molecule has 0 aliphatic rings. The highest BCUT2D eigenvalue weighted by molar-refractivity contribution is 5.81. The van der Waals surface area contributed by atoms with Crippen molar-refractivity contribution in [3.05, 3.63) is 91.5 Å². The number of ether oxygens (including phenoxy) is 3. The number of nitrogens with one attached hydrogen (secondary N) is 3. The Morgan fingerprint density at radius 1 is 0.692 bits per heavy atom. The van der Waals surface area contributed by atoms with Gasteiger partial charge in [-0.3, -0.25) is 0 Å². The van der Waals surface area contributed by atoms with E-state index in [4.69, 9.17) is 19.3 Å². The van der Waals surface area contributed by atoms with Gasteiger partial charge in [-0.25, -0.2) is 4.79 Å². The van der Waals surface area contributed by atoms with Crippen LogP contribution in [0.5, 0.6) is 11.5 Å². The number of esters is 1. The van der Waals surface area contributed by atoms with Crippen molar-refractivity contribution in [1.82, 2.24) is 15.0 Å². The highest BCUT2D eigenvalue weighted by Gasteiger charge is 2.09. The first kappa shape index (κ1) is 26.9. The van der Waals surface area contributed by atoms with Gasteiger partial charge in [-0.1, -0.05) is 24.8 Å². The zero-order valence-corrected chi connectivity index (χ0v) is 21.0. The first-order chi connectivity index (χ1) is 19.1. The van der Waals surface area contributed by atoms with Gasteiger partial charge in [-0.2, -0.15) is 15.0 Å². The monoisotopic (exact) mass is 528 g/mol. The standard InChI is InChI=1S/C28H28N6O5/c1-2-25(36)39-19-18-38-24-14-10-22(11-15-24)31-28-33-26(29-20-6-4-3-5-7-20)32-27(34-28)30-21-8-12-23(13-9-21)37-17-16-35/h2-15,35H,1,16-19H2,(H3,29,30,31,32,33,34). The van der Waals surface area contributed by atoms with Crippen LogP contribution in [-0.2, 0) is 9.53 Å². The highest BCUT2D eigenvalue weighted by atomic mass is 16.6. The summed E-state index contributed by atoms with van der Waals surface area (Å²) in [6.45, 7) is 3.87. The molecule has 39 heavy (non-hydrogen) atoms. The molecule has 0 aliphatic heterocycles. The Hall–Kier alpha value is -5.16. The zero-order valence-electron chi connectivity index (χ0n) is 21.0. The molecule has 0 atom stereocenters. The summed E-state index contributed by atoms with van der Waals surface area (Å²) in [4.78, 5) is 24.6. The van der Waals surface area contributed by atoms with E-state index in [1.54, 1.807) is 24.3 Å². The van der Waals surface area contributed by atoms with E-state index >= 15 is 0 Å². The molecule has 0 bridgehead atoms. The molecule has 0 amide bonds. The Morgan fingerprint density at radius 3 is 1.62 bits per heavy atom. The number of benzene rings is 3. The maximum Gasteiger partial charge on any atom is 0.330 e. The van der Waals surface area contributed by atoms with Crippen LogP contribution in [-0.4, -0.2) is 52.5 Å². The number of nitrogens with zero attached hydrogens (tertiary/aromatic N) is 3. The smallest absolute Gasteiger partial charge is 0.330 e. The molecular formula is C28H28N6O5. The van der Waals surface area contributed by atoms with Crippen LogP contribution in [0.1, 0.15) is 0 Å². The lowest BCUT2D eigenvalue weighted by molar-refractivity contribution is -0.138. The van der Waals surface area contributed by atoms with Gasteiger partial charge >= 0.3 is 5.97 Å². The predicted octanol–water partition coefficient (Wildman–Crippen LogP) is 4.58. The van der Waals surface area contributed by atoms with Gasteiger partial charge in [-0.15, -0.1) is 0 Å². The summed E-state index contributed by atoms with van der Waals surface area (Å²) in [6.07, 6.45) is 1.11. The Kier molecular flexibility index (Phi) is 9.62. The van der Waals surface area contributed by atoms with Crippen molar-refractivity contribution in [2.45, 2.75) is 0 Å². The van der Waals surface area contributed by atoms with Gasteiger partial charge in [0.05, 0.1) is 6.61 Å². The molecule has 0 radical (unpaired) electrons. The van der Waals surface area contributed by atoms with E-state index in [-0.39, 0.29) is 26.4 Å². The molecule has 0 spiro atoms. The van der Waals surface area contributed by atoms with Crippen LogP contribution in [0.2, 0.25) is 0 Å². The number of carbonyl (C=O) groups excluding carboxylic acids is 1. The third-order valence-corrected chi connectivity index (χ3v) is 5.01. The fourth-order valence-corrected chi connectivity index (χ4v) is 3.25. The molecule has 4 rings (SSSR count). The van der Waals surface area contributed by atoms with Crippen LogP contribution >= 0.6 is 0 Å². The van der Waals surface area contributed by atoms with Gasteiger partial charge < -0.3 is 35.3 Å². The summed E-state index contributed by atoms with van der Waals surface area (Å²) in [6, 6.07) is 24.0.